The van der Waals surface area contributed by atoms with Crippen LogP contribution in [0.2, 0.25) is 0 Å². The number of nitrogens with zero attached hydrogens (tertiary/aromatic N) is 4. The highest BCUT2D eigenvalue weighted by molar-refractivity contribution is 7.52. The molecule has 3 aliphatic rings. The lowest BCUT2D eigenvalue weighted by atomic mass is 9.92. The average Bonchev–Trinajstić information content (AvgIpc) is 3.80. The maximum Gasteiger partial charge on any atom is 0.399 e. The van der Waals surface area contributed by atoms with Gasteiger partial charge in [-0.15, -0.1) is 11.3 Å². The van der Waals surface area contributed by atoms with Crippen LogP contribution in [0.15, 0.2) is 109 Å². The summed E-state index contributed by atoms with van der Waals surface area (Å²) in [6.45, 7) is 2.01. The molecule has 5 aromatic rings. The van der Waals surface area contributed by atoms with Gasteiger partial charge < -0.3 is 24.9 Å². The zero-order chi connectivity index (χ0) is 39.2. The van der Waals surface area contributed by atoms with Crippen LogP contribution in [0.5, 0.6) is 0 Å². The van der Waals surface area contributed by atoms with Crippen molar-refractivity contribution in [1.29, 1.82) is 0 Å². The van der Waals surface area contributed by atoms with Gasteiger partial charge in [-0.3, -0.25) is 28.8 Å². The summed E-state index contributed by atoms with van der Waals surface area (Å²) in [6, 6.07) is 26.4. The Labute approximate surface area is 326 Å². The second-order valence-electron chi connectivity index (χ2n) is 14.7. The second-order valence-corrected chi connectivity index (χ2v) is 17.4. The third kappa shape index (κ3) is 7.28. The number of hydrogen-bond donors (Lipinski definition) is 3. The standard InChI is InChI=1S/C41H40F2N5O6PS/c42-41(43,55(52,53)54)31-13-16-35-29(20-31)21-36(56-35)38(49)45-33-17-19-46(37(26-8-3-1-4-9-26)27-10-5-2-6-11-27)25-32-14-15-34(48(32)39(33)50)40(51)47-23-30(24-47)28-12-7-18-44-22-28/h1-13,16,18,20-22,30,32-34,37H,14-15,17,19,23-25H2,(H,45,49)(H2,52,53,54)/t32-,33+,34+/m1/s1. The van der Waals surface area contributed by atoms with E-state index in [1.807, 2.05) is 54.7 Å². The van der Waals surface area contributed by atoms with Crippen LogP contribution < -0.4 is 5.32 Å². The van der Waals surface area contributed by atoms with Crippen molar-refractivity contribution in [2.75, 3.05) is 26.2 Å². The van der Waals surface area contributed by atoms with Crippen molar-refractivity contribution < 1.29 is 37.5 Å². The van der Waals surface area contributed by atoms with Gasteiger partial charge in [-0.2, -0.15) is 8.78 Å². The minimum absolute atomic E-state index is 0.117. The quantitative estimate of drug-likeness (QED) is 0.152. The lowest BCUT2D eigenvalue weighted by molar-refractivity contribution is -0.150. The Balaban J connectivity index is 1.09. The van der Waals surface area contributed by atoms with E-state index in [9.17, 15) is 37.5 Å². The molecule has 0 spiro atoms. The number of thiophene rings is 1. The SMILES string of the molecule is O=C(N[C@H]1CCN(C(c2ccccc2)c2ccccc2)C[C@H]2CC[C@@H](C(=O)N3CC(c4cccnc4)C3)N2C1=O)c1cc2cc(C(F)(F)P(=O)(O)O)ccc2s1. The van der Waals surface area contributed by atoms with Crippen LogP contribution in [0.4, 0.5) is 8.78 Å². The molecule has 0 radical (unpaired) electrons. The van der Waals surface area contributed by atoms with E-state index in [4.69, 9.17) is 0 Å². The van der Waals surface area contributed by atoms with E-state index in [1.54, 1.807) is 16.0 Å². The first-order chi connectivity index (χ1) is 26.9. The number of benzene rings is 3. The largest absolute Gasteiger partial charge is 0.399 e. The summed E-state index contributed by atoms with van der Waals surface area (Å²) in [6.07, 6.45) is 4.85. The summed E-state index contributed by atoms with van der Waals surface area (Å²) >= 11 is 1.02. The summed E-state index contributed by atoms with van der Waals surface area (Å²) in [7, 11) is -5.80. The van der Waals surface area contributed by atoms with Crippen molar-refractivity contribution in [3.05, 3.63) is 137 Å². The minimum Gasteiger partial charge on any atom is -0.340 e. The van der Waals surface area contributed by atoms with E-state index < -0.39 is 36.8 Å². The highest BCUT2D eigenvalue weighted by atomic mass is 32.1. The molecule has 0 aliphatic carbocycles. The molecule has 2 aromatic heterocycles. The molecule has 3 amide bonds. The molecule has 8 rings (SSSR count). The second kappa shape index (κ2) is 15.2. The number of halogens is 2. The first-order valence-electron chi connectivity index (χ1n) is 18.5. The van der Waals surface area contributed by atoms with Gasteiger partial charge in [0.05, 0.1) is 10.9 Å². The van der Waals surface area contributed by atoms with Crippen molar-refractivity contribution in [3.8, 4) is 0 Å². The fourth-order valence-electron chi connectivity index (χ4n) is 8.29. The van der Waals surface area contributed by atoms with Crippen LogP contribution >= 0.6 is 18.9 Å². The molecule has 15 heteroatoms. The highest BCUT2D eigenvalue weighted by Crippen LogP contribution is 2.59. The van der Waals surface area contributed by atoms with Crippen molar-refractivity contribution in [2.45, 2.75) is 55.0 Å². The van der Waals surface area contributed by atoms with Crippen LogP contribution in [0.25, 0.3) is 10.1 Å². The smallest absolute Gasteiger partial charge is 0.340 e. The zero-order valence-corrected chi connectivity index (χ0v) is 31.9. The molecule has 5 heterocycles. The maximum atomic E-state index is 14.7. The molecule has 290 valence electrons. The van der Waals surface area contributed by atoms with Crippen molar-refractivity contribution >= 4 is 46.7 Å². The van der Waals surface area contributed by atoms with Crippen LogP contribution in [-0.4, -0.2) is 91.5 Å². The van der Waals surface area contributed by atoms with E-state index in [0.717, 1.165) is 40.2 Å². The highest BCUT2D eigenvalue weighted by Gasteiger charge is 2.51. The molecular formula is C41H40F2N5O6PS. The van der Waals surface area contributed by atoms with E-state index in [1.165, 1.54) is 12.1 Å². The number of alkyl halides is 2. The minimum atomic E-state index is -5.80. The molecular weight excluding hydrogens is 760 g/mol. The predicted octanol–water partition coefficient (Wildman–Crippen LogP) is 6.10. The van der Waals surface area contributed by atoms with Crippen LogP contribution in [-0.2, 0) is 19.8 Å². The van der Waals surface area contributed by atoms with Gasteiger partial charge >= 0.3 is 13.3 Å². The molecule has 3 aliphatic heterocycles. The number of fused-ring (bicyclic) bond motifs is 2. The van der Waals surface area contributed by atoms with Crippen LogP contribution in [0.1, 0.15) is 63.1 Å². The third-order valence-electron chi connectivity index (χ3n) is 11.2. The molecule has 11 nitrogen and oxygen atoms in total. The molecule has 56 heavy (non-hydrogen) atoms. The van der Waals surface area contributed by atoms with E-state index >= 15 is 0 Å². The fraction of sp³-hybridized carbons (Fsp3) is 0.317. The average molecular weight is 800 g/mol. The van der Waals surface area contributed by atoms with Gasteiger partial charge in [0.2, 0.25) is 11.8 Å². The molecule has 0 saturated carbocycles. The summed E-state index contributed by atoms with van der Waals surface area (Å²) < 4.78 is 41.1. The topological polar surface area (TPSA) is 143 Å². The zero-order valence-electron chi connectivity index (χ0n) is 30.2. The molecule has 0 unspecified atom stereocenters. The van der Waals surface area contributed by atoms with Crippen LogP contribution in [0, 0.1) is 0 Å². The Hall–Kier alpha value is -4.85. The van der Waals surface area contributed by atoms with Crippen molar-refractivity contribution in [1.82, 2.24) is 25.0 Å². The van der Waals surface area contributed by atoms with Crippen molar-refractivity contribution in [2.24, 2.45) is 0 Å². The monoisotopic (exact) mass is 799 g/mol. The third-order valence-corrected chi connectivity index (χ3v) is 13.3. The summed E-state index contributed by atoms with van der Waals surface area (Å²) in [5.74, 6) is -0.895. The van der Waals surface area contributed by atoms with Gasteiger partial charge in [-0.25, -0.2) is 0 Å². The number of nitrogens with one attached hydrogen (secondary N) is 1. The number of rotatable bonds is 9. The Morgan fingerprint density at radius 1 is 0.893 bits per heavy atom. The fourth-order valence-corrected chi connectivity index (χ4v) is 9.71. The summed E-state index contributed by atoms with van der Waals surface area (Å²) in [5, 5.41) is 3.14. The first-order valence-corrected chi connectivity index (χ1v) is 20.9. The van der Waals surface area contributed by atoms with Crippen molar-refractivity contribution in [3.63, 3.8) is 0 Å². The van der Waals surface area contributed by atoms with Gasteiger partial charge in [-0.05, 0) is 65.6 Å². The lowest BCUT2D eigenvalue weighted by Gasteiger charge is -2.45. The van der Waals surface area contributed by atoms with Gasteiger partial charge in [0.15, 0.2) is 0 Å². The van der Waals surface area contributed by atoms with E-state index in [0.29, 0.717) is 43.7 Å². The first kappa shape index (κ1) is 38.0. The number of amides is 3. The number of likely N-dealkylation sites (tertiary alicyclic amines) is 1. The summed E-state index contributed by atoms with van der Waals surface area (Å²) in [5.41, 5.74) is -2.08. The molecule has 3 atom stereocenters. The lowest BCUT2D eigenvalue weighted by Crippen LogP contribution is -2.62. The van der Waals surface area contributed by atoms with E-state index in [-0.39, 0.29) is 46.5 Å². The molecule has 3 saturated heterocycles. The number of carbonyl (C=O) groups is 3. The van der Waals surface area contributed by atoms with Gasteiger partial charge in [0.1, 0.15) is 12.1 Å². The Bertz CT molecular complexity index is 2250. The molecule has 3 aromatic carbocycles. The van der Waals surface area contributed by atoms with Crippen LogP contribution in [0.3, 0.4) is 0 Å². The number of pyridine rings is 1. The number of carbonyl (C=O) groups excluding carboxylic acids is 3. The molecule has 3 N–H and O–H groups in total. The van der Waals surface area contributed by atoms with E-state index in [2.05, 4.69) is 39.5 Å². The Kier molecular flexibility index (Phi) is 10.4. The molecule has 0 bridgehead atoms. The maximum absolute atomic E-state index is 14.7. The Morgan fingerprint density at radius 3 is 2.23 bits per heavy atom. The number of hydrogen-bond acceptors (Lipinski definition) is 7. The van der Waals surface area contributed by atoms with Gasteiger partial charge in [0.25, 0.3) is 5.91 Å². The summed E-state index contributed by atoms with van der Waals surface area (Å²) in [4.78, 5) is 71.5. The van der Waals surface area contributed by atoms with Gasteiger partial charge in [-0.1, -0.05) is 72.8 Å². The molecule has 3 fully saturated rings. The Morgan fingerprint density at radius 2 is 1.59 bits per heavy atom. The normalized spacial score (nSPS) is 21.1. The van der Waals surface area contributed by atoms with Gasteiger partial charge in [0, 0.05) is 60.8 Å². The number of aromatic nitrogens is 1. The predicted molar refractivity (Wildman–Crippen MR) is 207 cm³/mol.